The number of amides is 1. The molecule has 7 nitrogen and oxygen atoms in total. The molecule has 1 heterocycles. The molecule has 0 bridgehead atoms. The molecule has 1 N–H and O–H groups in total. The molecular formula is C27H28NO6P. The number of benzene rings is 3. The van der Waals surface area contributed by atoms with E-state index >= 15 is 0 Å². The first-order valence-corrected chi connectivity index (χ1v) is 12.8. The highest BCUT2D eigenvalue weighted by atomic mass is 31.2. The summed E-state index contributed by atoms with van der Waals surface area (Å²) in [6.45, 7) is 0.0659. The van der Waals surface area contributed by atoms with Crippen molar-refractivity contribution in [1.29, 1.82) is 0 Å². The van der Waals surface area contributed by atoms with Crippen molar-refractivity contribution in [1.82, 2.24) is 4.90 Å². The van der Waals surface area contributed by atoms with Gasteiger partial charge in [0.05, 0.1) is 12.1 Å². The van der Waals surface area contributed by atoms with E-state index in [0.717, 1.165) is 11.1 Å². The molecule has 0 unspecified atom stereocenters. The smallest absolute Gasteiger partial charge is 0.411 e. The minimum absolute atomic E-state index is 0.0255. The lowest BCUT2D eigenvalue weighted by atomic mass is 9.91. The maximum atomic E-state index is 13.7. The van der Waals surface area contributed by atoms with Crippen LogP contribution < -0.4 is 0 Å². The van der Waals surface area contributed by atoms with Crippen LogP contribution in [0.2, 0.25) is 0 Å². The Balaban J connectivity index is 1.85. The third-order valence-electron chi connectivity index (χ3n) is 6.05. The SMILES string of the molecule is COP(=O)(OC)C1=C(O)C[C@H](c2ccccc2)N(C(=O)OCc2ccccc2)[C@H]1c1ccccc1. The van der Waals surface area contributed by atoms with Crippen molar-refractivity contribution in [2.24, 2.45) is 0 Å². The average Bonchev–Trinajstić information content (AvgIpc) is 2.92. The summed E-state index contributed by atoms with van der Waals surface area (Å²) in [5.41, 5.74) is 2.28. The summed E-state index contributed by atoms with van der Waals surface area (Å²) in [6, 6.07) is 26.3. The second kappa shape index (κ2) is 10.9. The Morgan fingerprint density at radius 2 is 1.40 bits per heavy atom. The number of rotatable bonds is 7. The van der Waals surface area contributed by atoms with Crippen molar-refractivity contribution >= 4 is 13.7 Å². The lowest BCUT2D eigenvalue weighted by Crippen LogP contribution is -2.42. The van der Waals surface area contributed by atoms with Gasteiger partial charge in [-0.1, -0.05) is 91.0 Å². The Hall–Kier alpha value is -3.38. The molecule has 8 heteroatoms. The molecule has 2 atom stereocenters. The van der Waals surface area contributed by atoms with E-state index in [1.807, 2.05) is 78.9 Å². The zero-order chi connectivity index (χ0) is 24.8. The molecule has 0 fully saturated rings. The maximum Gasteiger partial charge on any atom is 0.411 e. The third kappa shape index (κ3) is 5.17. The van der Waals surface area contributed by atoms with Crippen LogP contribution in [0.1, 0.15) is 35.2 Å². The van der Waals surface area contributed by atoms with E-state index < -0.39 is 25.8 Å². The number of hydrogen-bond acceptors (Lipinski definition) is 6. The second-order valence-electron chi connectivity index (χ2n) is 8.09. The van der Waals surface area contributed by atoms with Crippen molar-refractivity contribution in [2.45, 2.75) is 25.1 Å². The highest BCUT2D eigenvalue weighted by Gasteiger charge is 2.49. The summed E-state index contributed by atoms with van der Waals surface area (Å²) in [4.78, 5) is 15.2. The Labute approximate surface area is 205 Å². The highest BCUT2D eigenvalue weighted by Crippen LogP contribution is 2.64. The Morgan fingerprint density at radius 3 is 1.94 bits per heavy atom. The van der Waals surface area contributed by atoms with E-state index in [9.17, 15) is 14.5 Å². The summed E-state index contributed by atoms with van der Waals surface area (Å²) in [6.07, 6.45) is -0.583. The number of aliphatic hydroxyl groups is 1. The summed E-state index contributed by atoms with van der Waals surface area (Å²) in [7, 11) is -1.41. The molecular weight excluding hydrogens is 465 g/mol. The van der Waals surface area contributed by atoms with Crippen LogP contribution in [0.4, 0.5) is 4.79 Å². The van der Waals surface area contributed by atoms with Crippen LogP contribution in [0.15, 0.2) is 102 Å². The third-order valence-corrected chi connectivity index (χ3v) is 8.10. The standard InChI is InChI=1S/C27H28NO6P/c1-32-35(31,33-2)26-24(29)18-23(21-14-8-4-9-15-21)28(25(26)22-16-10-5-11-17-22)27(30)34-19-20-12-6-3-7-13-20/h3-17,23,25,29H,18-19H2,1-2H3/t23-,25+/m1/s1. The molecule has 4 rings (SSSR count). The van der Waals surface area contributed by atoms with E-state index in [0.29, 0.717) is 5.56 Å². The second-order valence-corrected chi connectivity index (χ2v) is 10.3. The molecule has 1 aliphatic rings. The van der Waals surface area contributed by atoms with Gasteiger partial charge in [0, 0.05) is 20.6 Å². The van der Waals surface area contributed by atoms with Crippen molar-refractivity contribution in [3.8, 4) is 0 Å². The fraction of sp³-hybridized carbons (Fsp3) is 0.222. The molecule has 0 aromatic heterocycles. The first-order chi connectivity index (χ1) is 17.0. The predicted molar refractivity (Wildman–Crippen MR) is 133 cm³/mol. The first kappa shape index (κ1) is 24.7. The number of aliphatic hydroxyl groups excluding tert-OH is 1. The monoisotopic (exact) mass is 493 g/mol. The van der Waals surface area contributed by atoms with E-state index in [2.05, 4.69) is 0 Å². The van der Waals surface area contributed by atoms with Crippen LogP contribution in [0.25, 0.3) is 0 Å². The Kier molecular flexibility index (Phi) is 7.71. The molecule has 3 aromatic rings. The van der Waals surface area contributed by atoms with Crippen LogP contribution in [0.5, 0.6) is 0 Å². The summed E-state index contributed by atoms with van der Waals surface area (Å²) >= 11 is 0. The van der Waals surface area contributed by atoms with E-state index in [1.54, 1.807) is 12.1 Å². The average molecular weight is 493 g/mol. The van der Waals surface area contributed by atoms with Crippen LogP contribution in [0, 0.1) is 0 Å². The molecule has 1 aliphatic heterocycles. The van der Waals surface area contributed by atoms with Crippen LogP contribution in [0.3, 0.4) is 0 Å². The Morgan fingerprint density at radius 1 is 0.886 bits per heavy atom. The molecule has 0 saturated heterocycles. The molecule has 3 aromatic carbocycles. The molecule has 0 radical (unpaired) electrons. The fourth-order valence-corrected chi connectivity index (χ4v) is 5.89. The van der Waals surface area contributed by atoms with Crippen LogP contribution >= 0.6 is 7.60 Å². The van der Waals surface area contributed by atoms with Gasteiger partial charge in [-0.15, -0.1) is 0 Å². The van der Waals surface area contributed by atoms with Gasteiger partial charge in [-0.25, -0.2) is 4.79 Å². The van der Waals surface area contributed by atoms with Gasteiger partial charge < -0.3 is 18.9 Å². The number of hydrogen-bond donors (Lipinski definition) is 1. The highest BCUT2D eigenvalue weighted by molar-refractivity contribution is 7.58. The molecule has 0 spiro atoms. The first-order valence-electron chi connectivity index (χ1n) is 11.2. The van der Waals surface area contributed by atoms with Gasteiger partial charge in [-0.05, 0) is 16.7 Å². The minimum Gasteiger partial charge on any atom is -0.512 e. The van der Waals surface area contributed by atoms with Crippen LogP contribution in [-0.4, -0.2) is 30.3 Å². The van der Waals surface area contributed by atoms with Crippen molar-refractivity contribution in [3.63, 3.8) is 0 Å². The summed E-state index contributed by atoms with van der Waals surface area (Å²) in [5, 5.41) is 11.2. The fourth-order valence-electron chi connectivity index (χ4n) is 4.37. The van der Waals surface area contributed by atoms with Gasteiger partial charge >= 0.3 is 13.7 Å². The zero-order valence-electron chi connectivity index (χ0n) is 19.6. The van der Waals surface area contributed by atoms with Gasteiger partial charge in [0.15, 0.2) is 0 Å². The molecule has 1 amide bonds. The van der Waals surface area contributed by atoms with Crippen LogP contribution in [-0.2, 0) is 25.0 Å². The maximum absolute atomic E-state index is 13.7. The van der Waals surface area contributed by atoms with Gasteiger partial charge in [0.25, 0.3) is 0 Å². The molecule has 0 saturated carbocycles. The molecule has 35 heavy (non-hydrogen) atoms. The molecule has 182 valence electrons. The normalized spacial score (nSPS) is 18.4. The number of carbonyl (C=O) groups excluding carboxylic acids is 1. The van der Waals surface area contributed by atoms with Gasteiger partial charge in [0.2, 0.25) is 0 Å². The van der Waals surface area contributed by atoms with Gasteiger partial charge in [0.1, 0.15) is 17.7 Å². The summed E-state index contributed by atoms with van der Waals surface area (Å²) in [5.74, 6) is -0.133. The summed E-state index contributed by atoms with van der Waals surface area (Å²) < 4.78 is 30.0. The quantitative estimate of drug-likeness (QED) is 0.366. The minimum atomic E-state index is -3.93. The van der Waals surface area contributed by atoms with Crippen molar-refractivity contribution in [3.05, 3.63) is 119 Å². The van der Waals surface area contributed by atoms with Gasteiger partial charge in [-0.2, -0.15) is 0 Å². The van der Waals surface area contributed by atoms with Crippen molar-refractivity contribution in [2.75, 3.05) is 14.2 Å². The lowest BCUT2D eigenvalue weighted by Gasteiger charge is -2.43. The van der Waals surface area contributed by atoms with Gasteiger partial charge in [-0.3, -0.25) is 9.46 Å². The van der Waals surface area contributed by atoms with Crippen molar-refractivity contribution < 1.29 is 28.3 Å². The van der Waals surface area contributed by atoms with E-state index in [1.165, 1.54) is 19.1 Å². The number of carbonyl (C=O) groups is 1. The number of nitrogens with zero attached hydrogens (tertiary/aromatic N) is 1. The van der Waals surface area contributed by atoms with E-state index in [-0.39, 0.29) is 24.1 Å². The number of ether oxygens (including phenoxy) is 1. The predicted octanol–water partition coefficient (Wildman–Crippen LogP) is 6.77. The Bertz CT molecular complexity index is 1210. The molecule has 0 aliphatic carbocycles. The lowest BCUT2D eigenvalue weighted by molar-refractivity contribution is 0.0570. The van der Waals surface area contributed by atoms with E-state index in [4.69, 9.17) is 13.8 Å². The largest absolute Gasteiger partial charge is 0.512 e. The zero-order valence-corrected chi connectivity index (χ0v) is 20.5. The topological polar surface area (TPSA) is 85.3 Å².